The first kappa shape index (κ1) is 14.7. The van der Waals surface area contributed by atoms with E-state index in [1.807, 2.05) is 13.0 Å². The summed E-state index contributed by atoms with van der Waals surface area (Å²) in [4.78, 5) is 11.9. The smallest absolute Gasteiger partial charge is 0.162 e. The zero-order valence-electron chi connectivity index (χ0n) is 10.9. The number of carbonyl (C=O) groups excluding carboxylic acids is 1. The van der Waals surface area contributed by atoms with E-state index in [1.54, 1.807) is 12.1 Å². The number of benzene rings is 2. The van der Waals surface area contributed by atoms with Crippen LogP contribution >= 0.6 is 11.6 Å². The molecule has 104 valence electrons. The molecular formula is C16H13ClF2O. The van der Waals surface area contributed by atoms with Crippen LogP contribution < -0.4 is 0 Å². The van der Waals surface area contributed by atoms with Crippen LogP contribution in [0.25, 0.3) is 0 Å². The van der Waals surface area contributed by atoms with Crippen LogP contribution in [-0.2, 0) is 17.6 Å². The van der Waals surface area contributed by atoms with Gasteiger partial charge in [0.1, 0.15) is 5.78 Å². The molecule has 1 nitrogen and oxygen atoms in total. The number of carbonyl (C=O) groups is 1. The monoisotopic (exact) mass is 294 g/mol. The first-order chi connectivity index (χ1) is 9.47. The van der Waals surface area contributed by atoms with Crippen LogP contribution in [0.3, 0.4) is 0 Å². The van der Waals surface area contributed by atoms with Crippen LogP contribution in [0.4, 0.5) is 8.78 Å². The second-order valence-corrected chi connectivity index (χ2v) is 5.11. The number of rotatable bonds is 4. The minimum atomic E-state index is -0.962. The normalized spacial score (nSPS) is 10.6. The second-order valence-electron chi connectivity index (χ2n) is 4.70. The van der Waals surface area contributed by atoms with Gasteiger partial charge in [0.05, 0.1) is 0 Å². The minimum absolute atomic E-state index is 0.0678. The van der Waals surface area contributed by atoms with E-state index in [-0.39, 0.29) is 24.2 Å². The van der Waals surface area contributed by atoms with Crippen LogP contribution in [0, 0.1) is 18.6 Å². The summed E-state index contributed by atoms with van der Waals surface area (Å²) in [5, 5.41) is 0.512. The molecule has 0 saturated carbocycles. The van der Waals surface area contributed by atoms with Crippen molar-refractivity contribution >= 4 is 17.4 Å². The van der Waals surface area contributed by atoms with E-state index in [9.17, 15) is 13.6 Å². The lowest BCUT2D eigenvalue weighted by molar-refractivity contribution is -0.117. The molecule has 20 heavy (non-hydrogen) atoms. The lowest BCUT2D eigenvalue weighted by atomic mass is 10.0. The molecular weight excluding hydrogens is 282 g/mol. The topological polar surface area (TPSA) is 17.1 Å². The fourth-order valence-electron chi connectivity index (χ4n) is 1.97. The molecule has 2 aromatic carbocycles. The molecule has 0 radical (unpaired) electrons. The van der Waals surface area contributed by atoms with E-state index in [2.05, 4.69) is 0 Å². The Hall–Kier alpha value is -1.74. The molecule has 0 bridgehead atoms. The maximum absolute atomic E-state index is 13.5. The summed E-state index contributed by atoms with van der Waals surface area (Å²) in [6.07, 6.45) is -0.0388. The molecule has 0 aliphatic rings. The zero-order chi connectivity index (χ0) is 14.7. The van der Waals surface area contributed by atoms with Gasteiger partial charge in [0, 0.05) is 17.9 Å². The Morgan fingerprint density at radius 1 is 1.10 bits per heavy atom. The van der Waals surface area contributed by atoms with Crippen molar-refractivity contribution < 1.29 is 13.6 Å². The van der Waals surface area contributed by atoms with Gasteiger partial charge < -0.3 is 0 Å². The van der Waals surface area contributed by atoms with E-state index < -0.39 is 11.6 Å². The van der Waals surface area contributed by atoms with Crippen molar-refractivity contribution in [1.29, 1.82) is 0 Å². The Balaban J connectivity index is 2.11. The van der Waals surface area contributed by atoms with Gasteiger partial charge in [-0.05, 0) is 35.7 Å². The highest BCUT2D eigenvalue weighted by Crippen LogP contribution is 2.19. The van der Waals surface area contributed by atoms with E-state index >= 15 is 0 Å². The number of hydrogen-bond acceptors (Lipinski definition) is 1. The van der Waals surface area contributed by atoms with Gasteiger partial charge in [-0.3, -0.25) is 4.79 Å². The maximum Gasteiger partial charge on any atom is 0.162 e. The molecule has 0 heterocycles. The SMILES string of the molecule is Cc1ccc(CC(=O)Cc2cccc(F)c2F)c(Cl)c1. The number of Topliss-reactive ketones (excluding diaryl/α,β-unsaturated/α-hetero) is 1. The molecule has 2 aromatic rings. The molecule has 0 spiro atoms. The largest absolute Gasteiger partial charge is 0.299 e. The van der Waals surface area contributed by atoms with Crippen LogP contribution in [0.5, 0.6) is 0 Å². The summed E-state index contributed by atoms with van der Waals surface area (Å²) in [6, 6.07) is 9.23. The van der Waals surface area contributed by atoms with Gasteiger partial charge in [-0.15, -0.1) is 0 Å². The van der Waals surface area contributed by atoms with E-state index in [4.69, 9.17) is 11.6 Å². The fourth-order valence-corrected chi connectivity index (χ4v) is 2.27. The van der Waals surface area contributed by atoms with Gasteiger partial charge in [0.25, 0.3) is 0 Å². The van der Waals surface area contributed by atoms with E-state index in [0.717, 1.165) is 11.6 Å². The fraction of sp³-hybridized carbons (Fsp3) is 0.188. The summed E-state index contributed by atoms with van der Waals surface area (Å²) in [6.45, 7) is 1.90. The predicted molar refractivity (Wildman–Crippen MR) is 75.0 cm³/mol. The first-order valence-corrected chi connectivity index (χ1v) is 6.55. The summed E-state index contributed by atoms with van der Waals surface area (Å²) in [5.41, 5.74) is 1.76. The molecule has 0 saturated heterocycles. The van der Waals surface area contributed by atoms with E-state index in [1.165, 1.54) is 12.1 Å². The van der Waals surface area contributed by atoms with Gasteiger partial charge in [-0.1, -0.05) is 35.9 Å². The summed E-state index contributed by atoms with van der Waals surface area (Å²) < 4.78 is 26.5. The number of halogens is 3. The Kier molecular flexibility index (Phi) is 4.50. The van der Waals surface area contributed by atoms with Gasteiger partial charge >= 0.3 is 0 Å². The molecule has 0 fully saturated rings. The maximum atomic E-state index is 13.5. The average molecular weight is 295 g/mol. The Labute approximate surface area is 121 Å². The number of aryl methyl sites for hydroxylation is 1. The Morgan fingerprint density at radius 2 is 1.80 bits per heavy atom. The van der Waals surface area contributed by atoms with Crippen LogP contribution in [0.2, 0.25) is 5.02 Å². The molecule has 0 atom stereocenters. The van der Waals surface area contributed by atoms with Crippen LogP contribution in [-0.4, -0.2) is 5.78 Å². The zero-order valence-corrected chi connectivity index (χ0v) is 11.7. The predicted octanol–water partition coefficient (Wildman–Crippen LogP) is 4.28. The standard InChI is InChI=1S/C16H13ClF2O/c1-10-5-6-11(14(17)7-10)8-13(20)9-12-3-2-4-15(18)16(12)19/h2-7H,8-9H2,1H3. The molecule has 0 aliphatic carbocycles. The van der Waals surface area contributed by atoms with Crippen molar-refractivity contribution in [3.8, 4) is 0 Å². The molecule has 0 aliphatic heterocycles. The van der Waals surface area contributed by atoms with Crippen molar-refractivity contribution in [1.82, 2.24) is 0 Å². The molecule has 0 unspecified atom stereocenters. The third-order valence-corrected chi connectivity index (χ3v) is 3.37. The molecule has 2 rings (SSSR count). The minimum Gasteiger partial charge on any atom is -0.299 e. The van der Waals surface area contributed by atoms with Gasteiger partial charge in [-0.25, -0.2) is 8.78 Å². The van der Waals surface area contributed by atoms with Crippen molar-refractivity contribution in [3.05, 3.63) is 69.7 Å². The van der Waals surface area contributed by atoms with Crippen molar-refractivity contribution in [2.45, 2.75) is 19.8 Å². The second kappa shape index (κ2) is 6.14. The third-order valence-electron chi connectivity index (χ3n) is 3.02. The van der Waals surface area contributed by atoms with Crippen molar-refractivity contribution in [2.75, 3.05) is 0 Å². The Bertz CT molecular complexity index is 653. The molecule has 4 heteroatoms. The molecule has 0 N–H and O–H groups in total. The molecule has 0 aromatic heterocycles. The summed E-state index contributed by atoms with van der Waals surface area (Å²) in [5.74, 6) is -2.11. The quantitative estimate of drug-likeness (QED) is 0.822. The molecule has 0 amide bonds. The lowest BCUT2D eigenvalue weighted by Gasteiger charge is -2.06. The highest BCUT2D eigenvalue weighted by molar-refractivity contribution is 6.31. The van der Waals surface area contributed by atoms with Crippen molar-refractivity contribution in [2.24, 2.45) is 0 Å². The average Bonchev–Trinajstić information content (AvgIpc) is 2.38. The highest BCUT2D eigenvalue weighted by Gasteiger charge is 2.13. The van der Waals surface area contributed by atoms with Gasteiger partial charge in [0.2, 0.25) is 0 Å². The number of ketones is 1. The first-order valence-electron chi connectivity index (χ1n) is 6.17. The summed E-state index contributed by atoms with van der Waals surface area (Å²) >= 11 is 6.05. The van der Waals surface area contributed by atoms with Gasteiger partial charge in [0.15, 0.2) is 11.6 Å². The third kappa shape index (κ3) is 3.42. The van der Waals surface area contributed by atoms with Crippen LogP contribution in [0.15, 0.2) is 36.4 Å². The van der Waals surface area contributed by atoms with Gasteiger partial charge in [-0.2, -0.15) is 0 Å². The highest BCUT2D eigenvalue weighted by atomic mass is 35.5. The summed E-state index contributed by atoms with van der Waals surface area (Å²) in [7, 11) is 0. The van der Waals surface area contributed by atoms with Crippen LogP contribution in [0.1, 0.15) is 16.7 Å². The Morgan fingerprint density at radius 3 is 2.50 bits per heavy atom. The number of hydrogen-bond donors (Lipinski definition) is 0. The van der Waals surface area contributed by atoms with E-state index in [0.29, 0.717) is 10.6 Å². The lowest BCUT2D eigenvalue weighted by Crippen LogP contribution is -2.09. The van der Waals surface area contributed by atoms with Crippen molar-refractivity contribution in [3.63, 3.8) is 0 Å².